The van der Waals surface area contributed by atoms with Crippen LogP contribution in [0.4, 0.5) is 5.69 Å². The summed E-state index contributed by atoms with van der Waals surface area (Å²) in [6.45, 7) is 3.59. The molecule has 116 valence electrons. The third kappa shape index (κ3) is 2.39. The highest BCUT2D eigenvalue weighted by Crippen LogP contribution is 2.38. The summed E-state index contributed by atoms with van der Waals surface area (Å²) in [5, 5.41) is 0. The monoisotopic (exact) mass is 301 g/mol. The van der Waals surface area contributed by atoms with Crippen molar-refractivity contribution in [1.82, 2.24) is 0 Å². The van der Waals surface area contributed by atoms with Crippen molar-refractivity contribution in [2.75, 3.05) is 26.2 Å². The number of carbonyl (C=O) groups excluding carboxylic acids is 2. The molecule has 0 amide bonds. The molecule has 0 atom stereocenters. The van der Waals surface area contributed by atoms with Gasteiger partial charge in [0.1, 0.15) is 0 Å². The van der Waals surface area contributed by atoms with Crippen LogP contribution in [0.3, 0.4) is 0 Å². The van der Waals surface area contributed by atoms with E-state index in [2.05, 4.69) is 0 Å². The Labute approximate surface area is 129 Å². The van der Waals surface area contributed by atoms with Gasteiger partial charge < -0.3 is 14.4 Å². The minimum Gasteiger partial charge on any atom is -0.465 e. The number of nitrogens with zero attached hydrogens (tertiary/aromatic N) is 1. The number of esters is 2. The lowest BCUT2D eigenvalue weighted by atomic mass is 9.95. The molecule has 1 aromatic carbocycles. The normalized spacial score (nSPS) is 14.5. The van der Waals surface area contributed by atoms with Gasteiger partial charge in [-0.3, -0.25) is 0 Å². The van der Waals surface area contributed by atoms with Gasteiger partial charge in [-0.15, -0.1) is 0 Å². The first-order valence-corrected chi connectivity index (χ1v) is 6.85. The van der Waals surface area contributed by atoms with Crippen molar-refractivity contribution in [3.8, 4) is 0 Å². The van der Waals surface area contributed by atoms with Gasteiger partial charge in [0.25, 0.3) is 0 Å². The zero-order valence-corrected chi connectivity index (χ0v) is 13.4. The van der Waals surface area contributed by atoms with Crippen LogP contribution in [0.25, 0.3) is 5.57 Å². The number of hydrogen-bond acceptors (Lipinski definition) is 5. The number of para-hydroxylation sites is 1. The van der Waals surface area contributed by atoms with Gasteiger partial charge in [-0.25, -0.2) is 9.59 Å². The third-order valence-electron chi connectivity index (χ3n) is 3.94. The Morgan fingerprint density at radius 2 is 1.50 bits per heavy atom. The predicted molar refractivity (Wildman–Crippen MR) is 84.2 cm³/mol. The van der Waals surface area contributed by atoms with E-state index in [-0.39, 0.29) is 11.1 Å². The summed E-state index contributed by atoms with van der Waals surface area (Å²) in [5.74, 6) is -1.11. The van der Waals surface area contributed by atoms with E-state index in [0.29, 0.717) is 11.3 Å². The first-order valence-electron chi connectivity index (χ1n) is 6.85. The Bertz CT molecular complexity index is 700. The Morgan fingerprint density at radius 1 is 0.955 bits per heavy atom. The fraction of sp³-hybridized carbons (Fsp3) is 0.294. The van der Waals surface area contributed by atoms with Crippen molar-refractivity contribution in [3.63, 3.8) is 0 Å². The van der Waals surface area contributed by atoms with Crippen molar-refractivity contribution in [3.05, 3.63) is 46.7 Å². The zero-order valence-electron chi connectivity index (χ0n) is 13.4. The SMILES string of the molecule is COC(=O)C1=C(C)c2ccccc2N(C)C(C)=C1C(=O)OC. The molecule has 0 aromatic heterocycles. The molecule has 1 aromatic rings. The van der Waals surface area contributed by atoms with Crippen LogP contribution in [0.2, 0.25) is 0 Å². The summed E-state index contributed by atoms with van der Waals surface area (Å²) < 4.78 is 9.75. The quantitative estimate of drug-likeness (QED) is 0.786. The molecule has 0 bridgehead atoms. The maximum Gasteiger partial charge on any atom is 0.340 e. The number of allylic oxidation sites excluding steroid dienone is 2. The summed E-state index contributed by atoms with van der Waals surface area (Å²) in [6, 6.07) is 7.66. The summed E-state index contributed by atoms with van der Waals surface area (Å²) in [7, 11) is 4.45. The van der Waals surface area contributed by atoms with Crippen molar-refractivity contribution >= 4 is 23.2 Å². The van der Waals surface area contributed by atoms with Crippen molar-refractivity contribution in [1.29, 1.82) is 0 Å². The number of fused-ring (bicyclic) bond motifs is 1. The molecule has 1 heterocycles. The molecule has 0 fully saturated rings. The van der Waals surface area contributed by atoms with Crippen LogP contribution in [-0.2, 0) is 19.1 Å². The molecule has 0 unspecified atom stereocenters. The third-order valence-corrected chi connectivity index (χ3v) is 3.94. The lowest BCUT2D eigenvalue weighted by Gasteiger charge is -2.22. The highest BCUT2D eigenvalue weighted by Gasteiger charge is 2.32. The number of anilines is 1. The van der Waals surface area contributed by atoms with Crippen molar-refractivity contribution in [2.24, 2.45) is 0 Å². The number of methoxy groups -OCH3 is 2. The molecular weight excluding hydrogens is 282 g/mol. The first-order chi connectivity index (χ1) is 10.4. The zero-order chi connectivity index (χ0) is 16.4. The Hall–Kier alpha value is -2.56. The summed E-state index contributed by atoms with van der Waals surface area (Å²) in [6.07, 6.45) is 0. The van der Waals surface area contributed by atoms with E-state index in [4.69, 9.17) is 9.47 Å². The predicted octanol–water partition coefficient (Wildman–Crippen LogP) is 2.53. The smallest absolute Gasteiger partial charge is 0.340 e. The van der Waals surface area contributed by atoms with E-state index in [1.807, 2.05) is 36.2 Å². The molecule has 22 heavy (non-hydrogen) atoms. The van der Waals surface area contributed by atoms with Gasteiger partial charge in [0, 0.05) is 24.0 Å². The lowest BCUT2D eigenvalue weighted by Crippen LogP contribution is -2.22. The molecule has 5 heteroatoms. The summed E-state index contributed by atoms with van der Waals surface area (Å²) >= 11 is 0. The Balaban J connectivity index is 2.87. The second-order valence-corrected chi connectivity index (χ2v) is 5.02. The molecule has 0 saturated carbocycles. The number of benzene rings is 1. The van der Waals surface area contributed by atoms with Crippen LogP contribution in [0, 0.1) is 0 Å². The summed E-state index contributed by atoms with van der Waals surface area (Å²) in [4.78, 5) is 26.4. The molecule has 1 aliphatic rings. The number of rotatable bonds is 2. The number of carbonyl (C=O) groups is 2. The van der Waals surface area contributed by atoms with Crippen molar-refractivity contribution < 1.29 is 19.1 Å². The average molecular weight is 301 g/mol. The highest BCUT2D eigenvalue weighted by molar-refractivity contribution is 6.14. The van der Waals surface area contributed by atoms with Crippen LogP contribution in [0.15, 0.2) is 41.1 Å². The molecule has 0 aliphatic carbocycles. The highest BCUT2D eigenvalue weighted by atomic mass is 16.5. The number of ether oxygens (including phenoxy) is 2. The molecule has 0 radical (unpaired) electrons. The molecule has 0 spiro atoms. The van der Waals surface area contributed by atoms with Gasteiger partial charge in [-0.2, -0.15) is 0 Å². The van der Waals surface area contributed by atoms with E-state index in [1.165, 1.54) is 14.2 Å². The van der Waals surface area contributed by atoms with E-state index in [0.717, 1.165) is 11.3 Å². The van der Waals surface area contributed by atoms with Gasteiger partial charge in [-0.1, -0.05) is 18.2 Å². The van der Waals surface area contributed by atoms with Crippen molar-refractivity contribution in [2.45, 2.75) is 13.8 Å². The molecule has 0 N–H and O–H groups in total. The van der Waals surface area contributed by atoms with Crippen LogP contribution < -0.4 is 4.90 Å². The van der Waals surface area contributed by atoms with E-state index in [1.54, 1.807) is 13.8 Å². The maximum absolute atomic E-state index is 12.3. The van der Waals surface area contributed by atoms with Gasteiger partial charge in [0.15, 0.2) is 0 Å². The second-order valence-electron chi connectivity index (χ2n) is 5.02. The minimum absolute atomic E-state index is 0.227. The average Bonchev–Trinajstić information content (AvgIpc) is 2.63. The standard InChI is InChI=1S/C17H19NO4/c1-10-12-8-6-7-9-13(12)18(3)11(2)15(17(20)22-5)14(10)16(19)21-4/h6-9H,1-5H3. The van der Waals surface area contributed by atoms with Crippen LogP contribution >= 0.6 is 0 Å². The maximum atomic E-state index is 12.3. The van der Waals surface area contributed by atoms with Gasteiger partial charge in [0.05, 0.1) is 25.4 Å². The molecule has 0 saturated heterocycles. The van der Waals surface area contributed by atoms with Crippen LogP contribution in [-0.4, -0.2) is 33.2 Å². The second kappa shape index (κ2) is 6.05. The van der Waals surface area contributed by atoms with Crippen LogP contribution in [0.5, 0.6) is 0 Å². The minimum atomic E-state index is -0.558. The topological polar surface area (TPSA) is 55.8 Å². The lowest BCUT2D eigenvalue weighted by molar-refractivity contribution is -0.139. The van der Waals surface area contributed by atoms with E-state index in [9.17, 15) is 9.59 Å². The number of hydrogen-bond donors (Lipinski definition) is 0. The first kappa shape index (κ1) is 15.8. The fourth-order valence-electron chi connectivity index (χ4n) is 2.64. The van der Waals surface area contributed by atoms with E-state index < -0.39 is 11.9 Å². The molecule has 2 rings (SSSR count). The molecule has 5 nitrogen and oxygen atoms in total. The van der Waals surface area contributed by atoms with E-state index >= 15 is 0 Å². The largest absolute Gasteiger partial charge is 0.465 e. The van der Waals surface area contributed by atoms with Crippen LogP contribution in [0.1, 0.15) is 19.4 Å². The van der Waals surface area contributed by atoms with Gasteiger partial charge in [-0.05, 0) is 25.5 Å². The van der Waals surface area contributed by atoms with Gasteiger partial charge >= 0.3 is 11.9 Å². The molecular formula is C17H19NO4. The molecule has 1 aliphatic heterocycles. The Morgan fingerprint density at radius 3 is 2.09 bits per heavy atom. The fourth-order valence-corrected chi connectivity index (χ4v) is 2.64. The van der Waals surface area contributed by atoms with Gasteiger partial charge in [0.2, 0.25) is 0 Å². The summed E-state index contributed by atoms with van der Waals surface area (Å²) in [5.41, 5.74) is 3.58. The Kier molecular flexibility index (Phi) is 4.35.